The zero-order valence-electron chi connectivity index (χ0n) is 11.2. The first-order valence-corrected chi connectivity index (χ1v) is 7.25. The van der Waals surface area contributed by atoms with Gasteiger partial charge in [-0.25, -0.2) is 4.98 Å². The fourth-order valence-electron chi connectivity index (χ4n) is 1.96. The monoisotopic (exact) mass is 260 g/mol. The number of nitrogens with one attached hydrogen (secondary N) is 1. The molecule has 2 nitrogen and oxygen atoms in total. The topological polar surface area (TPSA) is 24.9 Å². The van der Waals surface area contributed by atoms with Gasteiger partial charge in [-0.1, -0.05) is 38.1 Å². The molecule has 2 rings (SSSR count). The number of nitrogens with zero attached hydrogens (tertiary/aromatic N) is 1. The first-order valence-electron chi connectivity index (χ1n) is 6.37. The minimum absolute atomic E-state index is 0.706. The van der Waals surface area contributed by atoms with E-state index in [1.54, 1.807) is 11.3 Å². The van der Waals surface area contributed by atoms with Crippen LogP contribution in [0.1, 0.15) is 24.4 Å². The van der Waals surface area contributed by atoms with Crippen LogP contribution in [-0.4, -0.2) is 12.0 Å². The molecule has 0 spiro atoms. The lowest BCUT2D eigenvalue weighted by molar-refractivity contribution is 0.647. The van der Waals surface area contributed by atoms with E-state index in [1.165, 1.54) is 11.1 Å². The van der Waals surface area contributed by atoms with Crippen molar-refractivity contribution in [3.05, 3.63) is 40.2 Å². The summed E-state index contributed by atoms with van der Waals surface area (Å²) in [4.78, 5) is 4.62. The lowest BCUT2D eigenvalue weighted by Crippen LogP contribution is -2.04. The predicted molar refractivity (Wildman–Crippen MR) is 78.9 cm³/mol. The minimum atomic E-state index is 0.706. The Morgan fingerprint density at radius 3 is 2.56 bits per heavy atom. The first-order chi connectivity index (χ1) is 8.69. The van der Waals surface area contributed by atoms with Gasteiger partial charge < -0.3 is 5.32 Å². The highest BCUT2D eigenvalue weighted by atomic mass is 32.1. The van der Waals surface area contributed by atoms with Gasteiger partial charge in [-0.3, -0.25) is 0 Å². The second-order valence-corrected chi connectivity index (χ2v) is 5.89. The van der Waals surface area contributed by atoms with Gasteiger partial charge in [-0.15, -0.1) is 11.3 Å². The van der Waals surface area contributed by atoms with Crippen molar-refractivity contribution in [1.82, 2.24) is 10.3 Å². The van der Waals surface area contributed by atoms with Crippen LogP contribution in [0.2, 0.25) is 0 Å². The van der Waals surface area contributed by atoms with Crippen molar-refractivity contribution in [2.75, 3.05) is 7.05 Å². The molecule has 2 aromatic rings. The molecule has 96 valence electrons. The van der Waals surface area contributed by atoms with Crippen LogP contribution in [-0.2, 0) is 13.0 Å². The summed E-state index contributed by atoms with van der Waals surface area (Å²) < 4.78 is 0. The summed E-state index contributed by atoms with van der Waals surface area (Å²) in [7, 11) is 1.95. The SMILES string of the molecule is CNCc1nc(-c2ccc(CC(C)C)cc2)cs1. The van der Waals surface area contributed by atoms with Crippen LogP contribution in [0.5, 0.6) is 0 Å². The molecule has 0 aliphatic rings. The standard InChI is InChI=1S/C15H20N2S/c1-11(2)8-12-4-6-13(7-5-12)14-10-18-15(17-14)9-16-3/h4-7,10-11,16H,8-9H2,1-3H3. The molecule has 0 atom stereocenters. The Labute approximate surface area is 113 Å². The summed E-state index contributed by atoms with van der Waals surface area (Å²) in [5, 5.41) is 6.39. The normalized spacial score (nSPS) is 11.1. The maximum absolute atomic E-state index is 4.62. The Morgan fingerprint density at radius 1 is 1.22 bits per heavy atom. The number of rotatable bonds is 5. The zero-order chi connectivity index (χ0) is 13.0. The molecule has 0 unspecified atom stereocenters. The molecule has 1 aromatic carbocycles. The Balaban J connectivity index is 2.12. The second kappa shape index (κ2) is 6.12. The van der Waals surface area contributed by atoms with Gasteiger partial charge >= 0.3 is 0 Å². The maximum Gasteiger partial charge on any atom is 0.107 e. The largest absolute Gasteiger partial charge is 0.314 e. The van der Waals surface area contributed by atoms with Crippen molar-refractivity contribution in [3.63, 3.8) is 0 Å². The van der Waals surface area contributed by atoms with Crippen LogP contribution in [0.15, 0.2) is 29.6 Å². The van der Waals surface area contributed by atoms with E-state index >= 15 is 0 Å². The van der Waals surface area contributed by atoms with E-state index in [1.807, 2.05) is 7.05 Å². The molecule has 3 heteroatoms. The fraction of sp³-hybridized carbons (Fsp3) is 0.400. The smallest absolute Gasteiger partial charge is 0.107 e. The number of thiazole rings is 1. The van der Waals surface area contributed by atoms with Crippen molar-refractivity contribution in [1.29, 1.82) is 0 Å². The van der Waals surface area contributed by atoms with Gasteiger partial charge in [0.25, 0.3) is 0 Å². The average molecular weight is 260 g/mol. The van der Waals surface area contributed by atoms with E-state index in [0.717, 1.165) is 23.7 Å². The van der Waals surface area contributed by atoms with Crippen LogP contribution >= 0.6 is 11.3 Å². The van der Waals surface area contributed by atoms with E-state index in [2.05, 4.69) is 53.8 Å². The van der Waals surface area contributed by atoms with Crippen LogP contribution in [0.3, 0.4) is 0 Å². The molecule has 1 N–H and O–H groups in total. The molecular formula is C15H20N2S. The molecule has 0 saturated heterocycles. The summed E-state index contributed by atoms with van der Waals surface area (Å²) in [6, 6.07) is 8.78. The van der Waals surface area contributed by atoms with Crippen molar-refractivity contribution in [2.24, 2.45) is 5.92 Å². The van der Waals surface area contributed by atoms with Gasteiger partial charge in [0.15, 0.2) is 0 Å². The van der Waals surface area contributed by atoms with Gasteiger partial charge in [0.1, 0.15) is 5.01 Å². The molecule has 0 saturated carbocycles. The Hall–Kier alpha value is -1.19. The van der Waals surface area contributed by atoms with Crippen LogP contribution in [0, 0.1) is 5.92 Å². The zero-order valence-corrected chi connectivity index (χ0v) is 12.1. The second-order valence-electron chi connectivity index (χ2n) is 4.95. The first kappa shape index (κ1) is 13.2. The van der Waals surface area contributed by atoms with E-state index in [9.17, 15) is 0 Å². The number of benzene rings is 1. The van der Waals surface area contributed by atoms with Gasteiger partial charge in [0.05, 0.1) is 5.69 Å². The van der Waals surface area contributed by atoms with Crippen LogP contribution in [0.25, 0.3) is 11.3 Å². The van der Waals surface area contributed by atoms with Gasteiger partial charge in [0, 0.05) is 17.5 Å². The highest BCUT2D eigenvalue weighted by Gasteiger charge is 2.04. The number of aromatic nitrogens is 1. The molecule has 18 heavy (non-hydrogen) atoms. The van der Waals surface area contributed by atoms with Gasteiger partial charge in [-0.05, 0) is 24.9 Å². The third-order valence-electron chi connectivity index (χ3n) is 2.77. The number of hydrogen-bond donors (Lipinski definition) is 1. The highest BCUT2D eigenvalue weighted by Crippen LogP contribution is 2.22. The molecule has 0 amide bonds. The van der Waals surface area contributed by atoms with E-state index in [0.29, 0.717) is 5.92 Å². The maximum atomic E-state index is 4.62. The lowest BCUT2D eigenvalue weighted by Gasteiger charge is -2.05. The summed E-state index contributed by atoms with van der Waals surface area (Å²) >= 11 is 1.71. The molecule has 0 aliphatic carbocycles. The molecule has 0 aliphatic heterocycles. The Morgan fingerprint density at radius 2 is 1.94 bits per heavy atom. The minimum Gasteiger partial charge on any atom is -0.314 e. The van der Waals surface area contributed by atoms with E-state index in [-0.39, 0.29) is 0 Å². The van der Waals surface area contributed by atoms with Crippen LogP contribution in [0.4, 0.5) is 0 Å². The van der Waals surface area contributed by atoms with Crippen molar-refractivity contribution in [3.8, 4) is 11.3 Å². The molecule has 1 heterocycles. The van der Waals surface area contributed by atoms with Gasteiger partial charge in [0.2, 0.25) is 0 Å². The fourth-order valence-corrected chi connectivity index (χ4v) is 2.77. The Bertz CT molecular complexity index is 485. The molecule has 0 fully saturated rings. The van der Waals surface area contributed by atoms with Crippen molar-refractivity contribution in [2.45, 2.75) is 26.8 Å². The number of hydrogen-bond acceptors (Lipinski definition) is 3. The van der Waals surface area contributed by atoms with E-state index in [4.69, 9.17) is 0 Å². The lowest BCUT2D eigenvalue weighted by atomic mass is 10.0. The summed E-state index contributed by atoms with van der Waals surface area (Å²) in [5.74, 6) is 0.706. The average Bonchev–Trinajstić information content (AvgIpc) is 2.78. The third kappa shape index (κ3) is 3.40. The van der Waals surface area contributed by atoms with Crippen molar-refractivity contribution < 1.29 is 0 Å². The quantitative estimate of drug-likeness (QED) is 0.886. The Kier molecular flexibility index (Phi) is 4.50. The van der Waals surface area contributed by atoms with Crippen molar-refractivity contribution >= 4 is 11.3 Å². The molecule has 1 aromatic heterocycles. The predicted octanol–water partition coefficient (Wildman–Crippen LogP) is 3.73. The third-order valence-corrected chi connectivity index (χ3v) is 3.62. The summed E-state index contributed by atoms with van der Waals surface area (Å²) in [6.07, 6.45) is 1.14. The van der Waals surface area contributed by atoms with Crippen LogP contribution < -0.4 is 5.32 Å². The molecule has 0 bridgehead atoms. The molecule has 0 radical (unpaired) electrons. The summed E-state index contributed by atoms with van der Waals surface area (Å²) in [6.45, 7) is 5.34. The van der Waals surface area contributed by atoms with Gasteiger partial charge in [-0.2, -0.15) is 0 Å². The van der Waals surface area contributed by atoms with E-state index < -0.39 is 0 Å². The molecular weight excluding hydrogens is 240 g/mol. The highest BCUT2D eigenvalue weighted by molar-refractivity contribution is 7.09. The summed E-state index contributed by atoms with van der Waals surface area (Å²) in [5.41, 5.74) is 3.70.